The molecule has 2 rings (SSSR count). The lowest BCUT2D eigenvalue weighted by Crippen LogP contribution is -2.41. The van der Waals surface area contributed by atoms with E-state index in [1.807, 2.05) is 26.2 Å². The van der Waals surface area contributed by atoms with E-state index in [2.05, 4.69) is 16.8 Å². The van der Waals surface area contributed by atoms with Gasteiger partial charge in [-0.2, -0.15) is 11.8 Å². The topological polar surface area (TPSA) is 54.3 Å². The molecule has 5 heteroatoms. The highest BCUT2D eigenvalue weighted by Gasteiger charge is 2.29. The second-order valence-corrected chi connectivity index (χ2v) is 6.68. The summed E-state index contributed by atoms with van der Waals surface area (Å²) in [5.41, 5.74) is 2.98. The Morgan fingerprint density at radius 2 is 2.20 bits per heavy atom. The monoisotopic (exact) mass is 296 g/mol. The number of hydrogen-bond donors (Lipinski definition) is 2. The maximum atomic E-state index is 12.4. The van der Waals surface area contributed by atoms with E-state index in [4.69, 9.17) is 0 Å². The molecule has 112 valence electrons. The highest BCUT2D eigenvalue weighted by Crippen LogP contribution is 2.38. The van der Waals surface area contributed by atoms with Gasteiger partial charge in [0.15, 0.2) is 0 Å². The SMILES string of the molecule is CS[C@H](CO)[C@H](C)NC(=O)c1cc(C)n(C2CC2)c1C. The summed E-state index contributed by atoms with van der Waals surface area (Å²) in [5, 5.41) is 12.3. The van der Waals surface area contributed by atoms with E-state index in [0.29, 0.717) is 6.04 Å². The Morgan fingerprint density at radius 1 is 1.55 bits per heavy atom. The predicted octanol–water partition coefficient (Wildman–Crippen LogP) is 2.28. The van der Waals surface area contributed by atoms with Crippen molar-refractivity contribution in [3.63, 3.8) is 0 Å². The molecule has 1 aromatic heterocycles. The molecule has 20 heavy (non-hydrogen) atoms. The Morgan fingerprint density at radius 3 is 2.70 bits per heavy atom. The van der Waals surface area contributed by atoms with Gasteiger partial charge in [0.1, 0.15) is 0 Å². The van der Waals surface area contributed by atoms with Gasteiger partial charge in [-0.3, -0.25) is 4.79 Å². The van der Waals surface area contributed by atoms with Crippen molar-refractivity contribution < 1.29 is 9.90 Å². The quantitative estimate of drug-likeness (QED) is 0.847. The van der Waals surface area contributed by atoms with Gasteiger partial charge >= 0.3 is 0 Å². The molecule has 2 atom stereocenters. The third-order valence-corrected chi connectivity index (χ3v) is 5.20. The zero-order chi connectivity index (χ0) is 14.9. The number of aryl methyl sites for hydroxylation is 1. The van der Waals surface area contributed by atoms with E-state index in [1.165, 1.54) is 12.8 Å². The molecule has 0 bridgehead atoms. The van der Waals surface area contributed by atoms with Gasteiger partial charge in [-0.15, -0.1) is 0 Å². The molecular weight excluding hydrogens is 272 g/mol. The van der Waals surface area contributed by atoms with Gasteiger partial charge in [0.2, 0.25) is 0 Å². The molecular formula is C15H24N2O2S. The Labute approximate surface area is 124 Å². The molecule has 4 nitrogen and oxygen atoms in total. The average molecular weight is 296 g/mol. The molecule has 0 spiro atoms. The fraction of sp³-hybridized carbons (Fsp3) is 0.667. The van der Waals surface area contributed by atoms with Crippen molar-refractivity contribution in [1.29, 1.82) is 0 Å². The van der Waals surface area contributed by atoms with Gasteiger partial charge in [-0.25, -0.2) is 0 Å². The van der Waals surface area contributed by atoms with Crippen molar-refractivity contribution in [2.24, 2.45) is 0 Å². The average Bonchev–Trinajstić information content (AvgIpc) is 3.17. The summed E-state index contributed by atoms with van der Waals surface area (Å²) in [5.74, 6) is -0.0370. The first-order valence-corrected chi connectivity index (χ1v) is 8.41. The van der Waals surface area contributed by atoms with Crippen molar-refractivity contribution in [3.8, 4) is 0 Å². The van der Waals surface area contributed by atoms with E-state index in [9.17, 15) is 9.90 Å². The van der Waals surface area contributed by atoms with E-state index in [-0.39, 0.29) is 23.8 Å². The molecule has 2 N–H and O–H groups in total. The number of thioether (sulfide) groups is 1. The Bertz CT molecular complexity index is 490. The number of rotatable bonds is 6. The molecule has 1 aliphatic carbocycles. The van der Waals surface area contributed by atoms with E-state index in [0.717, 1.165) is 17.0 Å². The number of aromatic nitrogens is 1. The standard InChI is InChI=1S/C15H24N2O2S/c1-9-7-13(11(3)17(9)12-5-6-12)15(19)16-10(2)14(8-18)20-4/h7,10,12,14,18H,5-6,8H2,1-4H3,(H,16,19)/t10-,14+/m0/s1. The van der Waals surface area contributed by atoms with E-state index < -0.39 is 0 Å². The van der Waals surface area contributed by atoms with Crippen LogP contribution in [0.4, 0.5) is 0 Å². The first kappa shape index (κ1) is 15.4. The highest BCUT2D eigenvalue weighted by atomic mass is 32.2. The van der Waals surface area contributed by atoms with Gasteiger partial charge in [0.05, 0.1) is 12.2 Å². The minimum Gasteiger partial charge on any atom is -0.395 e. The zero-order valence-electron chi connectivity index (χ0n) is 12.6. The van der Waals surface area contributed by atoms with Crippen molar-refractivity contribution in [2.75, 3.05) is 12.9 Å². The normalized spacial score (nSPS) is 17.9. The molecule has 0 radical (unpaired) electrons. The summed E-state index contributed by atoms with van der Waals surface area (Å²) in [4.78, 5) is 12.4. The second-order valence-electron chi connectivity index (χ2n) is 5.60. The van der Waals surface area contributed by atoms with E-state index in [1.54, 1.807) is 11.8 Å². The van der Waals surface area contributed by atoms with Gasteiger partial charge < -0.3 is 15.0 Å². The van der Waals surface area contributed by atoms with Crippen LogP contribution in [0.5, 0.6) is 0 Å². The maximum absolute atomic E-state index is 12.4. The summed E-state index contributed by atoms with van der Waals surface area (Å²) in [6.07, 6.45) is 4.38. The van der Waals surface area contributed by atoms with E-state index >= 15 is 0 Å². The number of amides is 1. The molecule has 0 aliphatic heterocycles. The molecule has 1 amide bonds. The first-order valence-electron chi connectivity index (χ1n) is 7.12. The van der Waals surface area contributed by atoms with Crippen LogP contribution in [0.25, 0.3) is 0 Å². The number of aliphatic hydroxyl groups is 1. The summed E-state index contributed by atoms with van der Waals surface area (Å²) in [7, 11) is 0. The van der Waals surface area contributed by atoms with Crippen molar-refractivity contribution >= 4 is 17.7 Å². The highest BCUT2D eigenvalue weighted by molar-refractivity contribution is 7.99. The lowest BCUT2D eigenvalue weighted by atomic mass is 10.2. The largest absolute Gasteiger partial charge is 0.395 e. The van der Waals surface area contributed by atoms with Gasteiger partial charge in [-0.05, 0) is 45.9 Å². The molecule has 1 heterocycles. The molecule has 0 aromatic carbocycles. The molecule has 0 unspecified atom stereocenters. The van der Waals surface area contributed by atoms with Crippen LogP contribution in [-0.4, -0.2) is 39.7 Å². The van der Waals surface area contributed by atoms with Crippen molar-refractivity contribution in [2.45, 2.75) is 50.9 Å². The fourth-order valence-corrected chi connectivity index (χ4v) is 3.34. The Balaban J connectivity index is 2.11. The molecule has 0 saturated heterocycles. The van der Waals surface area contributed by atoms with Crippen LogP contribution in [0, 0.1) is 13.8 Å². The van der Waals surface area contributed by atoms with Crippen LogP contribution in [0.2, 0.25) is 0 Å². The third-order valence-electron chi connectivity index (χ3n) is 4.04. The maximum Gasteiger partial charge on any atom is 0.253 e. The number of nitrogens with zero attached hydrogens (tertiary/aromatic N) is 1. The predicted molar refractivity (Wildman–Crippen MR) is 83.5 cm³/mol. The minimum atomic E-state index is -0.0496. The number of hydrogen-bond acceptors (Lipinski definition) is 3. The molecule has 1 fully saturated rings. The number of carbonyl (C=O) groups is 1. The second kappa shape index (κ2) is 6.22. The number of nitrogens with one attached hydrogen (secondary N) is 1. The zero-order valence-corrected chi connectivity index (χ0v) is 13.5. The van der Waals surface area contributed by atoms with Crippen LogP contribution in [-0.2, 0) is 0 Å². The number of aliphatic hydroxyl groups excluding tert-OH is 1. The first-order chi connectivity index (χ1) is 9.49. The van der Waals surface area contributed by atoms with Crippen molar-refractivity contribution in [3.05, 3.63) is 23.0 Å². The minimum absolute atomic E-state index is 0.0332. The summed E-state index contributed by atoms with van der Waals surface area (Å²) in [6.45, 7) is 6.09. The molecule has 1 aromatic rings. The van der Waals surface area contributed by atoms with Gasteiger partial charge in [0, 0.05) is 28.7 Å². The lowest BCUT2D eigenvalue weighted by Gasteiger charge is -2.21. The van der Waals surface area contributed by atoms with Gasteiger partial charge in [-0.1, -0.05) is 0 Å². The van der Waals surface area contributed by atoms with Crippen LogP contribution in [0.3, 0.4) is 0 Å². The Hall–Kier alpha value is -0.940. The summed E-state index contributed by atoms with van der Waals surface area (Å²) in [6, 6.07) is 2.51. The summed E-state index contributed by atoms with van der Waals surface area (Å²) < 4.78 is 2.28. The van der Waals surface area contributed by atoms with Crippen LogP contribution < -0.4 is 5.32 Å². The smallest absolute Gasteiger partial charge is 0.253 e. The van der Waals surface area contributed by atoms with Crippen LogP contribution in [0.1, 0.15) is 47.6 Å². The molecule has 1 saturated carbocycles. The number of carbonyl (C=O) groups excluding carboxylic acids is 1. The third kappa shape index (κ3) is 3.04. The van der Waals surface area contributed by atoms with Crippen LogP contribution in [0.15, 0.2) is 6.07 Å². The fourth-order valence-electron chi connectivity index (χ4n) is 2.72. The van der Waals surface area contributed by atoms with Gasteiger partial charge in [0.25, 0.3) is 5.91 Å². The van der Waals surface area contributed by atoms with Crippen LogP contribution >= 0.6 is 11.8 Å². The summed E-state index contributed by atoms with van der Waals surface area (Å²) >= 11 is 1.57. The van der Waals surface area contributed by atoms with Crippen molar-refractivity contribution in [1.82, 2.24) is 9.88 Å². The lowest BCUT2D eigenvalue weighted by molar-refractivity contribution is 0.0935. The Kier molecular flexibility index (Phi) is 4.81. The molecule has 1 aliphatic rings.